The fraction of sp³-hybridized carbons (Fsp3) is 0.571. The minimum atomic E-state index is -3.64. The summed E-state index contributed by atoms with van der Waals surface area (Å²) in [4.78, 5) is -0.0357. The Morgan fingerprint density at radius 3 is 2.58 bits per heavy atom. The second-order valence-electron chi connectivity index (χ2n) is 5.31. The maximum Gasteiger partial charge on any atom is 0.244 e. The molecule has 1 fully saturated rings. The Bertz CT molecular complexity index is 527. The van der Waals surface area contributed by atoms with Gasteiger partial charge in [0.2, 0.25) is 10.0 Å². The van der Waals surface area contributed by atoms with Crippen molar-refractivity contribution in [3.8, 4) is 5.75 Å². The number of sulfonamides is 1. The van der Waals surface area contributed by atoms with Gasteiger partial charge in [-0.3, -0.25) is 0 Å². The summed E-state index contributed by atoms with van der Waals surface area (Å²) < 4.78 is 27.4. The first-order chi connectivity index (χ1) is 9.00. The van der Waals surface area contributed by atoms with Crippen molar-refractivity contribution in [3.63, 3.8) is 0 Å². The van der Waals surface area contributed by atoms with E-state index in [9.17, 15) is 13.5 Å². The van der Waals surface area contributed by atoms with Crippen LogP contribution >= 0.6 is 0 Å². The van der Waals surface area contributed by atoms with E-state index in [1.165, 1.54) is 18.6 Å². The van der Waals surface area contributed by atoms with Gasteiger partial charge >= 0.3 is 0 Å². The highest BCUT2D eigenvalue weighted by Crippen LogP contribution is 2.26. The summed E-state index contributed by atoms with van der Waals surface area (Å²) in [7, 11) is -3.64. The average Bonchev–Trinajstić information content (AvgIpc) is 2.55. The normalized spacial score (nSPS) is 24.9. The Balaban J connectivity index is 2.19. The topological polar surface area (TPSA) is 66.4 Å². The van der Waals surface area contributed by atoms with Crippen LogP contribution in [0, 0.1) is 5.92 Å². The quantitative estimate of drug-likeness (QED) is 0.838. The van der Waals surface area contributed by atoms with Gasteiger partial charge in [0, 0.05) is 6.04 Å². The lowest BCUT2D eigenvalue weighted by Crippen LogP contribution is -2.38. The number of rotatable bonds is 3. The van der Waals surface area contributed by atoms with Crippen molar-refractivity contribution in [1.82, 2.24) is 4.72 Å². The Morgan fingerprint density at radius 2 is 1.84 bits per heavy atom. The average molecular weight is 283 g/mol. The zero-order valence-electron chi connectivity index (χ0n) is 11.2. The van der Waals surface area contributed by atoms with Crippen LogP contribution in [0.4, 0.5) is 0 Å². The SMILES string of the molecule is CC1CCCCCC1NS(=O)(=O)c1ccccc1O. The summed E-state index contributed by atoms with van der Waals surface area (Å²) in [6.07, 6.45) is 5.30. The number of hydrogen-bond donors (Lipinski definition) is 2. The molecule has 19 heavy (non-hydrogen) atoms. The Kier molecular flexibility index (Phi) is 4.47. The molecule has 2 unspecified atom stereocenters. The van der Waals surface area contributed by atoms with E-state index in [1.807, 2.05) is 0 Å². The van der Waals surface area contributed by atoms with Crippen LogP contribution in [-0.4, -0.2) is 19.6 Å². The van der Waals surface area contributed by atoms with Crippen molar-refractivity contribution in [1.29, 1.82) is 0 Å². The smallest absolute Gasteiger partial charge is 0.244 e. The molecule has 0 saturated heterocycles. The number of aromatic hydroxyl groups is 1. The summed E-state index contributed by atoms with van der Waals surface area (Å²) in [5, 5.41) is 9.68. The number of phenolic OH excluding ortho intramolecular Hbond substituents is 1. The molecule has 2 atom stereocenters. The van der Waals surface area contributed by atoms with Crippen molar-refractivity contribution < 1.29 is 13.5 Å². The van der Waals surface area contributed by atoms with Gasteiger partial charge in [-0.05, 0) is 30.9 Å². The minimum Gasteiger partial charge on any atom is -0.507 e. The van der Waals surface area contributed by atoms with Crippen molar-refractivity contribution in [3.05, 3.63) is 24.3 Å². The first-order valence-electron chi connectivity index (χ1n) is 6.81. The molecule has 1 aromatic carbocycles. The zero-order valence-corrected chi connectivity index (χ0v) is 12.0. The van der Waals surface area contributed by atoms with E-state index in [0.29, 0.717) is 5.92 Å². The first kappa shape index (κ1) is 14.3. The van der Waals surface area contributed by atoms with E-state index in [0.717, 1.165) is 25.7 Å². The lowest BCUT2D eigenvalue weighted by Gasteiger charge is -2.22. The van der Waals surface area contributed by atoms with Crippen LogP contribution in [-0.2, 0) is 10.0 Å². The molecule has 0 aliphatic heterocycles. The van der Waals surface area contributed by atoms with Crippen molar-refractivity contribution in [2.45, 2.75) is 50.0 Å². The molecule has 0 bridgehead atoms. The molecular formula is C14H21NO3S. The zero-order chi connectivity index (χ0) is 13.9. The van der Waals surface area contributed by atoms with Gasteiger partial charge < -0.3 is 5.11 Å². The van der Waals surface area contributed by atoms with Crippen molar-refractivity contribution in [2.75, 3.05) is 0 Å². The molecule has 106 valence electrons. The molecule has 2 rings (SSSR count). The van der Waals surface area contributed by atoms with Gasteiger partial charge in [-0.15, -0.1) is 0 Å². The van der Waals surface area contributed by atoms with E-state index >= 15 is 0 Å². The molecule has 1 aromatic rings. The Hall–Kier alpha value is -1.07. The lowest BCUT2D eigenvalue weighted by atomic mass is 9.98. The summed E-state index contributed by atoms with van der Waals surface area (Å²) >= 11 is 0. The lowest BCUT2D eigenvalue weighted by molar-refractivity contribution is 0.397. The molecule has 0 radical (unpaired) electrons. The predicted molar refractivity (Wildman–Crippen MR) is 74.5 cm³/mol. The highest BCUT2D eigenvalue weighted by Gasteiger charge is 2.27. The molecule has 0 aromatic heterocycles. The van der Waals surface area contributed by atoms with Crippen molar-refractivity contribution in [2.24, 2.45) is 5.92 Å². The fourth-order valence-corrected chi connectivity index (χ4v) is 4.09. The van der Waals surface area contributed by atoms with Crippen LogP contribution in [0.1, 0.15) is 39.0 Å². The number of nitrogens with one attached hydrogen (secondary N) is 1. The fourth-order valence-electron chi connectivity index (χ4n) is 2.62. The Morgan fingerprint density at radius 1 is 1.16 bits per heavy atom. The molecular weight excluding hydrogens is 262 g/mol. The maximum absolute atomic E-state index is 12.3. The molecule has 0 spiro atoms. The third-order valence-electron chi connectivity index (χ3n) is 3.82. The third-order valence-corrected chi connectivity index (χ3v) is 5.36. The molecule has 4 nitrogen and oxygen atoms in total. The molecule has 1 aliphatic carbocycles. The van der Waals surface area contributed by atoms with E-state index in [-0.39, 0.29) is 16.7 Å². The largest absolute Gasteiger partial charge is 0.507 e. The maximum atomic E-state index is 12.3. The molecule has 0 amide bonds. The van der Waals surface area contributed by atoms with Gasteiger partial charge in [-0.25, -0.2) is 13.1 Å². The van der Waals surface area contributed by atoms with Crippen molar-refractivity contribution >= 4 is 10.0 Å². The van der Waals surface area contributed by atoms with Crippen LogP contribution in [0.15, 0.2) is 29.2 Å². The molecule has 2 N–H and O–H groups in total. The summed E-state index contributed by atoms with van der Waals surface area (Å²) in [6, 6.07) is 6.02. The van der Waals surface area contributed by atoms with Gasteiger partial charge in [-0.2, -0.15) is 0 Å². The van der Waals surface area contributed by atoms with Crippen LogP contribution < -0.4 is 4.72 Å². The van der Waals surface area contributed by atoms with Crippen LogP contribution in [0.25, 0.3) is 0 Å². The Labute approximate surface area is 114 Å². The van der Waals surface area contributed by atoms with Crippen LogP contribution in [0.5, 0.6) is 5.75 Å². The highest BCUT2D eigenvalue weighted by atomic mass is 32.2. The molecule has 1 saturated carbocycles. The second-order valence-corrected chi connectivity index (χ2v) is 6.99. The second kappa shape index (κ2) is 5.92. The highest BCUT2D eigenvalue weighted by molar-refractivity contribution is 7.89. The standard InChI is InChI=1S/C14H21NO3S/c1-11-7-3-2-4-8-12(11)15-19(17,18)14-10-6-5-9-13(14)16/h5-6,9-12,15-16H,2-4,7-8H2,1H3. The van der Waals surface area contributed by atoms with Gasteiger partial charge in [0.15, 0.2) is 0 Å². The predicted octanol–water partition coefficient (Wildman–Crippen LogP) is 2.64. The first-order valence-corrected chi connectivity index (χ1v) is 8.29. The van der Waals surface area contributed by atoms with E-state index in [2.05, 4.69) is 11.6 Å². The van der Waals surface area contributed by atoms with Gasteiger partial charge in [0.25, 0.3) is 0 Å². The van der Waals surface area contributed by atoms with Crippen LogP contribution in [0.2, 0.25) is 0 Å². The van der Waals surface area contributed by atoms with E-state index in [4.69, 9.17) is 0 Å². The minimum absolute atomic E-state index is 0.0351. The number of para-hydroxylation sites is 1. The number of phenols is 1. The van der Waals surface area contributed by atoms with Gasteiger partial charge in [0.1, 0.15) is 10.6 Å². The summed E-state index contributed by atoms with van der Waals surface area (Å²) in [6.45, 7) is 2.09. The summed E-state index contributed by atoms with van der Waals surface area (Å²) in [5.41, 5.74) is 0. The van der Waals surface area contributed by atoms with Crippen LogP contribution in [0.3, 0.4) is 0 Å². The molecule has 0 heterocycles. The third kappa shape index (κ3) is 3.48. The van der Waals surface area contributed by atoms with E-state index < -0.39 is 10.0 Å². The van der Waals surface area contributed by atoms with Gasteiger partial charge in [-0.1, -0.05) is 38.3 Å². The number of hydrogen-bond acceptors (Lipinski definition) is 3. The van der Waals surface area contributed by atoms with Gasteiger partial charge in [0.05, 0.1) is 0 Å². The molecule has 1 aliphatic rings. The monoisotopic (exact) mass is 283 g/mol. The number of benzene rings is 1. The summed E-state index contributed by atoms with van der Waals surface area (Å²) in [5.74, 6) is 0.138. The molecule has 5 heteroatoms. The van der Waals surface area contributed by atoms with E-state index in [1.54, 1.807) is 12.1 Å².